The molecule has 1 atom stereocenters. The number of nitrogens with one attached hydrogen (secondary N) is 2. The summed E-state index contributed by atoms with van der Waals surface area (Å²) in [6.07, 6.45) is -3.48. The third kappa shape index (κ3) is 3.88. The van der Waals surface area contributed by atoms with Gasteiger partial charge >= 0.3 is 12.3 Å². The number of carbonyl (C=O) groups is 1. The molecule has 5 nitrogen and oxygen atoms in total. The first kappa shape index (κ1) is 18.0. The SMILES string of the molecule is COC(=O)NS(=Nc1c[nH]c2ccccc12)c1ccc(C(F)(F)F)cc1. The number of alkyl halides is 3. The largest absolute Gasteiger partial charge is 0.452 e. The van der Waals surface area contributed by atoms with E-state index in [1.807, 2.05) is 24.3 Å². The van der Waals surface area contributed by atoms with Gasteiger partial charge in [-0.2, -0.15) is 13.2 Å². The minimum atomic E-state index is -4.43. The van der Waals surface area contributed by atoms with Gasteiger partial charge in [-0.3, -0.25) is 4.72 Å². The fraction of sp³-hybridized carbons (Fsp3) is 0.118. The van der Waals surface area contributed by atoms with Crippen molar-refractivity contribution in [3.63, 3.8) is 0 Å². The maximum Gasteiger partial charge on any atom is 0.417 e. The molecule has 1 amide bonds. The lowest BCUT2D eigenvalue weighted by Gasteiger charge is -2.11. The van der Waals surface area contributed by atoms with Gasteiger partial charge in [-0.1, -0.05) is 18.2 Å². The Balaban J connectivity index is 2.04. The van der Waals surface area contributed by atoms with Gasteiger partial charge in [0.05, 0.1) is 18.4 Å². The maximum atomic E-state index is 12.8. The van der Waals surface area contributed by atoms with Crippen LogP contribution in [0.25, 0.3) is 10.9 Å². The van der Waals surface area contributed by atoms with E-state index in [1.165, 1.54) is 19.2 Å². The second-order valence-electron chi connectivity index (χ2n) is 5.21. The molecule has 26 heavy (non-hydrogen) atoms. The lowest BCUT2D eigenvalue weighted by atomic mass is 10.2. The molecule has 0 aliphatic heterocycles. The van der Waals surface area contributed by atoms with Gasteiger partial charge in [0.1, 0.15) is 0 Å². The standard InChI is InChI=1S/C17H14F3N3O2S/c1-25-16(24)23-26(12-8-6-11(7-9-12)17(18,19)20)22-15-10-21-14-5-3-2-4-13(14)15/h2-10,21H,1H3,(H,22,23,24). The minimum Gasteiger partial charge on any atom is -0.452 e. The van der Waals surface area contributed by atoms with E-state index in [0.717, 1.165) is 23.0 Å². The summed E-state index contributed by atoms with van der Waals surface area (Å²) in [5, 5.41) is 0.837. The molecule has 0 aliphatic carbocycles. The van der Waals surface area contributed by atoms with Crippen molar-refractivity contribution >= 4 is 33.6 Å². The van der Waals surface area contributed by atoms with Crippen molar-refractivity contribution in [1.29, 1.82) is 0 Å². The number of H-pyrrole nitrogens is 1. The lowest BCUT2D eigenvalue weighted by Crippen LogP contribution is -2.25. The van der Waals surface area contributed by atoms with Crippen LogP contribution in [0.1, 0.15) is 5.56 Å². The van der Waals surface area contributed by atoms with E-state index in [1.54, 1.807) is 6.20 Å². The van der Waals surface area contributed by atoms with Crippen LogP contribution < -0.4 is 4.72 Å². The van der Waals surface area contributed by atoms with Crippen LogP contribution in [-0.2, 0) is 21.8 Å². The summed E-state index contributed by atoms with van der Waals surface area (Å²) in [4.78, 5) is 15.1. The van der Waals surface area contributed by atoms with E-state index in [4.69, 9.17) is 0 Å². The zero-order chi connectivity index (χ0) is 18.7. The monoisotopic (exact) mass is 381 g/mol. The predicted molar refractivity (Wildman–Crippen MR) is 93.0 cm³/mol. The normalized spacial score (nSPS) is 12.9. The molecule has 0 radical (unpaired) electrons. The number of methoxy groups -OCH3 is 1. The molecule has 0 aliphatic rings. The summed E-state index contributed by atoms with van der Waals surface area (Å²) < 4.78 is 49.9. The first-order valence-electron chi connectivity index (χ1n) is 7.42. The van der Waals surface area contributed by atoms with Crippen LogP contribution in [0, 0.1) is 0 Å². The van der Waals surface area contributed by atoms with Gasteiger partial charge < -0.3 is 9.72 Å². The minimum absolute atomic E-state index is 0.425. The van der Waals surface area contributed by atoms with E-state index < -0.39 is 28.7 Å². The van der Waals surface area contributed by atoms with Crippen molar-refractivity contribution in [2.24, 2.45) is 4.36 Å². The Morgan fingerprint density at radius 1 is 1.15 bits per heavy atom. The molecule has 3 aromatic rings. The third-order valence-electron chi connectivity index (χ3n) is 3.53. The van der Waals surface area contributed by atoms with Gasteiger partial charge in [-0.25, -0.2) is 9.16 Å². The number of halogens is 3. The third-order valence-corrected chi connectivity index (χ3v) is 4.99. The fourth-order valence-corrected chi connectivity index (χ4v) is 3.51. The summed E-state index contributed by atoms with van der Waals surface area (Å²) in [6, 6.07) is 11.9. The Labute approximate surface area is 149 Å². The van der Waals surface area contributed by atoms with Crippen molar-refractivity contribution in [3.05, 3.63) is 60.3 Å². The second kappa shape index (κ2) is 7.20. The van der Waals surface area contributed by atoms with E-state index in [2.05, 4.69) is 18.8 Å². The number of nitrogens with zero attached hydrogens (tertiary/aromatic N) is 1. The number of rotatable bonds is 3. The summed E-state index contributed by atoms with van der Waals surface area (Å²) in [5.41, 5.74) is 0.676. The zero-order valence-electron chi connectivity index (χ0n) is 13.5. The molecule has 1 aromatic heterocycles. The Kier molecular flexibility index (Phi) is 4.99. The highest BCUT2D eigenvalue weighted by atomic mass is 32.2. The number of hydrogen-bond donors (Lipinski definition) is 2. The first-order chi connectivity index (χ1) is 12.4. The predicted octanol–water partition coefficient (Wildman–Crippen LogP) is 4.95. The van der Waals surface area contributed by atoms with Crippen LogP contribution in [0.15, 0.2) is 64.0 Å². The Morgan fingerprint density at radius 2 is 1.85 bits per heavy atom. The molecule has 136 valence electrons. The fourth-order valence-electron chi connectivity index (χ4n) is 2.26. The number of ether oxygens (including phenoxy) is 1. The van der Waals surface area contributed by atoms with Crippen LogP contribution in [0.3, 0.4) is 0 Å². The van der Waals surface area contributed by atoms with Crippen molar-refractivity contribution in [2.75, 3.05) is 7.11 Å². The molecular formula is C17H14F3N3O2S. The van der Waals surface area contributed by atoms with Gasteiger partial charge in [0.2, 0.25) is 0 Å². The molecule has 9 heteroatoms. The number of hydrogen-bond acceptors (Lipinski definition) is 3. The zero-order valence-corrected chi connectivity index (χ0v) is 14.3. The molecular weight excluding hydrogens is 367 g/mol. The molecule has 0 bridgehead atoms. The maximum absolute atomic E-state index is 12.8. The highest BCUT2D eigenvalue weighted by Crippen LogP contribution is 2.31. The van der Waals surface area contributed by atoms with Crippen molar-refractivity contribution < 1.29 is 22.7 Å². The quantitative estimate of drug-likeness (QED) is 0.674. The number of aromatic nitrogens is 1. The lowest BCUT2D eigenvalue weighted by molar-refractivity contribution is -0.137. The molecule has 0 spiro atoms. The van der Waals surface area contributed by atoms with Gasteiger partial charge in [0.25, 0.3) is 0 Å². The van der Waals surface area contributed by atoms with Crippen LogP contribution in [0.2, 0.25) is 0 Å². The number of carbonyl (C=O) groups excluding carboxylic acids is 1. The molecule has 0 saturated carbocycles. The average molecular weight is 381 g/mol. The summed E-state index contributed by atoms with van der Waals surface area (Å²) in [6.45, 7) is 0. The topological polar surface area (TPSA) is 66.5 Å². The Morgan fingerprint density at radius 3 is 2.50 bits per heavy atom. The second-order valence-corrected chi connectivity index (χ2v) is 6.64. The van der Waals surface area contributed by atoms with Crippen LogP contribution in [-0.4, -0.2) is 18.2 Å². The average Bonchev–Trinajstić information content (AvgIpc) is 3.03. The number of benzene rings is 2. The number of fused-ring (bicyclic) bond motifs is 1. The van der Waals surface area contributed by atoms with Gasteiger partial charge in [0.15, 0.2) is 0 Å². The number of para-hydroxylation sites is 1. The summed E-state index contributed by atoms with van der Waals surface area (Å²) in [7, 11) is -0.0215. The summed E-state index contributed by atoms with van der Waals surface area (Å²) in [5.74, 6) is 0. The molecule has 0 saturated heterocycles. The molecule has 0 fully saturated rings. The van der Waals surface area contributed by atoms with Gasteiger partial charge in [0, 0.05) is 32.9 Å². The van der Waals surface area contributed by atoms with E-state index >= 15 is 0 Å². The van der Waals surface area contributed by atoms with Crippen molar-refractivity contribution in [2.45, 2.75) is 11.1 Å². The Hall–Kier alpha value is -2.81. The number of aromatic amines is 1. The highest BCUT2D eigenvalue weighted by molar-refractivity contribution is 7.86. The highest BCUT2D eigenvalue weighted by Gasteiger charge is 2.30. The number of amides is 1. The van der Waals surface area contributed by atoms with Crippen LogP contribution in [0.4, 0.5) is 23.7 Å². The molecule has 2 aromatic carbocycles. The van der Waals surface area contributed by atoms with Gasteiger partial charge in [-0.05, 0) is 30.3 Å². The first-order valence-corrected chi connectivity index (χ1v) is 8.61. The van der Waals surface area contributed by atoms with Crippen molar-refractivity contribution in [1.82, 2.24) is 9.71 Å². The van der Waals surface area contributed by atoms with Crippen molar-refractivity contribution in [3.8, 4) is 0 Å². The van der Waals surface area contributed by atoms with E-state index in [0.29, 0.717) is 10.6 Å². The van der Waals surface area contributed by atoms with E-state index in [9.17, 15) is 18.0 Å². The molecule has 2 N–H and O–H groups in total. The van der Waals surface area contributed by atoms with Gasteiger partial charge in [-0.15, -0.1) is 0 Å². The van der Waals surface area contributed by atoms with E-state index in [-0.39, 0.29) is 0 Å². The van der Waals surface area contributed by atoms with Crippen LogP contribution >= 0.6 is 0 Å². The summed E-state index contributed by atoms with van der Waals surface area (Å²) >= 11 is 0. The molecule has 1 heterocycles. The molecule has 3 rings (SSSR count). The molecule has 1 unspecified atom stereocenters. The van der Waals surface area contributed by atoms with Crippen LogP contribution in [0.5, 0.6) is 0 Å². The Bertz CT molecular complexity index is 965. The smallest absolute Gasteiger partial charge is 0.417 e.